The second kappa shape index (κ2) is 8.82. The van der Waals surface area contributed by atoms with Crippen LogP contribution in [-0.2, 0) is 14.8 Å². The maximum Gasteiger partial charge on any atom is 0.243 e. The summed E-state index contributed by atoms with van der Waals surface area (Å²) < 4.78 is 32.8. The predicted molar refractivity (Wildman–Crippen MR) is 112 cm³/mol. The van der Waals surface area contributed by atoms with Gasteiger partial charge in [-0.3, -0.25) is 4.79 Å². The molecule has 0 spiro atoms. The van der Waals surface area contributed by atoms with E-state index in [2.05, 4.69) is 21.2 Å². The van der Waals surface area contributed by atoms with Crippen molar-refractivity contribution >= 4 is 49.1 Å². The lowest BCUT2D eigenvalue weighted by molar-refractivity contribution is -0.120. The molecule has 0 aliphatic carbocycles. The summed E-state index contributed by atoms with van der Waals surface area (Å²) in [6.45, 7) is 0.611. The van der Waals surface area contributed by atoms with Crippen molar-refractivity contribution in [3.8, 4) is 5.75 Å². The van der Waals surface area contributed by atoms with Crippen LogP contribution in [0.25, 0.3) is 0 Å². The highest BCUT2D eigenvalue weighted by Crippen LogP contribution is 2.29. The Balaban J connectivity index is 1.61. The molecule has 6 nitrogen and oxygen atoms in total. The quantitative estimate of drug-likeness (QED) is 0.687. The zero-order valence-corrected chi connectivity index (χ0v) is 18.4. The Labute approximate surface area is 178 Å². The van der Waals surface area contributed by atoms with Crippen molar-refractivity contribution in [2.45, 2.75) is 17.7 Å². The van der Waals surface area contributed by atoms with Gasteiger partial charge in [0.1, 0.15) is 5.75 Å². The molecule has 1 N–H and O–H groups in total. The van der Waals surface area contributed by atoms with Crippen molar-refractivity contribution in [2.75, 3.05) is 25.5 Å². The number of sulfonamides is 1. The summed E-state index contributed by atoms with van der Waals surface area (Å²) in [4.78, 5) is 12.8. The molecule has 150 valence electrons. The minimum absolute atomic E-state index is 0.137. The largest absolute Gasteiger partial charge is 0.495 e. The number of ether oxygens (including phenoxy) is 1. The van der Waals surface area contributed by atoms with Crippen molar-refractivity contribution in [3.63, 3.8) is 0 Å². The molecule has 1 aliphatic rings. The van der Waals surface area contributed by atoms with E-state index >= 15 is 0 Å². The topological polar surface area (TPSA) is 75.7 Å². The lowest BCUT2D eigenvalue weighted by atomic mass is 9.97. The molecule has 1 aliphatic heterocycles. The highest BCUT2D eigenvalue weighted by molar-refractivity contribution is 9.10. The number of rotatable bonds is 5. The first-order valence-corrected chi connectivity index (χ1v) is 11.3. The maximum absolute atomic E-state index is 12.7. The standard InChI is InChI=1S/C19H20BrClN2O4S/c1-27-18-7-4-15(12-17(18)21)22-19(24)13-8-10-23(11-9-13)28(25,26)16-5-2-14(20)3-6-16/h2-7,12-13H,8-11H2,1H3,(H,22,24). The van der Waals surface area contributed by atoms with Crippen LogP contribution < -0.4 is 10.1 Å². The summed E-state index contributed by atoms with van der Waals surface area (Å²) >= 11 is 9.39. The maximum atomic E-state index is 12.7. The number of methoxy groups -OCH3 is 1. The van der Waals surface area contributed by atoms with Gasteiger partial charge in [-0.25, -0.2) is 8.42 Å². The fourth-order valence-electron chi connectivity index (χ4n) is 3.10. The van der Waals surface area contributed by atoms with E-state index in [1.165, 1.54) is 11.4 Å². The third kappa shape index (κ3) is 4.68. The molecule has 0 saturated carbocycles. The van der Waals surface area contributed by atoms with Crippen molar-refractivity contribution in [2.24, 2.45) is 5.92 Å². The summed E-state index contributed by atoms with van der Waals surface area (Å²) in [5.74, 6) is 0.144. The van der Waals surface area contributed by atoms with E-state index in [-0.39, 0.29) is 16.7 Å². The summed E-state index contributed by atoms with van der Waals surface area (Å²) in [7, 11) is -2.03. The van der Waals surface area contributed by atoms with Crippen LogP contribution in [0.3, 0.4) is 0 Å². The highest BCUT2D eigenvalue weighted by Gasteiger charge is 2.32. The van der Waals surface area contributed by atoms with Crippen LogP contribution in [0.2, 0.25) is 5.02 Å². The number of anilines is 1. The van der Waals surface area contributed by atoms with Crippen molar-refractivity contribution in [3.05, 3.63) is 52.0 Å². The van der Waals surface area contributed by atoms with Gasteiger partial charge in [-0.2, -0.15) is 4.31 Å². The molecular formula is C19H20BrClN2O4S. The smallest absolute Gasteiger partial charge is 0.243 e. The molecule has 1 amide bonds. The number of nitrogens with one attached hydrogen (secondary N) is 1. The number of carbonyl (C=O) groups is 1. The molecule has 1 fully saturated rings. The van der Waals surface area contributed by atoms with E-state index < -0.39 is 10.0 Å². The Kier molecular flexibility index (Phi) is 6.65. The van der Waals surface area contributed by atoms with E-state index in [1.54, 1.807) is 42.5 Å². The molecule has 0 atom stereocenters. The third-order valence-electron chi connectivity index (χ3n) is 4.70. The van der Waals surface area contributed by atoms with Crippen molar-refractivity contribution in [1.82, 2.24) is 4.31 Å². The van der Waals surface area contributed by atoms with Crippen LogP contribution in [0, 0.1) is 5.92 Å². The fraction of sp³-hybridized carbons (Fsp3) is 0.316. The number of piperidine rings is 1. The second-order valence-corrected chi connectivity index (χ2v) is 9.73. The van der Waals surface area contributed by atoms with Gasteiger partial charge in [0.25, 0.3) is 0 Å². The number of hydrogen-bond donors (Lipinski definition) is 1. The van der Waals surface area contributed by atoms with E-state index in [0.717, 1.165) is 4.47 Å². The zero-order chi connectivity index (χ0) is 20.3. The number of hydrogen-bond acceptors (Lipinski definition) is 4. The van der Waals surface area contributed by atoms with Crippen LogP contribution in [0.1, 0.15) is 12.8 Å². The summed E-state index contributed by atoms with van der Waals surface area (Å²) in [5, 5.41) is 3.26. The van der Waals surface area contributed by atoms with E-state index in [1.807, 2.05) is 0 Å². The minimum Gasteiger partial charge on any atom is -0.495 e. The number of nitrogens with zero attached hydrogens (tertiary/aromatic N) is 1. The van der Waals surface area contributed by atoms with Crippen LogP contribution in [0.4, 0.5) is 5.69 Å². The van der Waals surface area contributed by atoms with Crippen LogP contribution in [0.5, 0.6) is 5.75 Å². The van der Waals surface area contributed by atoms with E-state index in [4.69, 9.17) is 16.3 Å². The van der Waals surface area contributed by atoms with Gasteiger partial charge in [0.05, 0.1) is 17.0 Å². The Morgan fingerprint density at radius 3 is 2.39 bits per heavy atom. The van der Waals surface area contributed by atoms with Gasteiger partial charge in [-0.15, -0.1) is 0 Å². The van der Waals surface area contributed by atoms with Crippen molar-refractivity contribution in [1.29, 1.82) is 0 Å². The van der Waals surface area contributed by atoms with Crippen LogP contribution in [0.15, 0.2) is 51.8 Å². The number of amides is 1. The van der Waals surface area contributed by atoms with Crippen LogP contribution >= 0.6 is 27.5 Å². The Morgan fingerprint density at radius 1 is 1.18 bits per heavy atom. The lowest BCUT2D eigenvalue weighted by Gasteiger charge is -2.30. The molecule has 1 saturated heterocycles. The molecule has 28 heavy (non-hydrogen) atoms. The molecule has 0 unspecified atom stereocenters. The number of benzene rings is 2. The molecular weight excluding hydrogens is 468 g/mol. The van der Waals surface area contributed by atoms with Crippen LogP contribution in [-0.4, -0.2) is 38.8 Å². The van der Waals surface area contributed by atoms with Gasteiger partial charge in [-0.05, 0) is 55.3 Å². The lowest BCUT2D eigenvalue weighted by Crippen LogP contribution is -2.41. The normalized spacial score (nSPS) is 16.0. The average molecular weight is 488 g/mol. The monoisotopic (exact) mass is 486 g/mol. The molecule has 2 aromatic rings. The highest BCUT2D eigenvalue weighted by atomic mass is 79.9. The SMILES string of the molecule is COc1ccc(NC(=O)C2CCN(S(=O)(=O)c3ccc(Br)cc3)CC2)cc1Cl. The number of carbonyl (C=O) groups excluding carboxylic acids is 1. The van der Waals surface area contributed by atoms with Gasteiger partial charge < -0.3 is 10.1 Å². The van der Waals surface area contributed by atoms with Gasteiger partial charge in [0.2, 0.25) is 15.9 Å². The zero-order valence-electron chi connectivity index (χ0n) is 15.2. The fourth-order valence-corrected chi connectivity index (χ4v) is 5.09. The average Bonchev–Trinajstić information content (AvgIpc) is 2.68. The second-order valence-electron chi connectivity index (χ2n) is 6.47. The Morgan fingerprint density at radius 2 is 1.82 bits per heavy atom. The van der Waals surface area contributed by atoms with Crippen molar-refractivity contribution < 1.29 is 17.9 Å². The molecule has 1 heterocycles. The first kappa shape index (κ1) is 21.1. The molecule has 2 aromatic carbocycles. The van der Waals surface area contributed by atoms with E-state index in [9.17, 15) is 13.2 Å². The Hall–Kier alpha value is -1.61. The molecule has 0 bridgehead atoms. The first-order chi connectivity index (χ1) is 13.3. The third-order valence-corrected chi connectivity index (χ3v) is 7.43. The predicted octanol–water partition coefficient (Wildman–Crippen LogP) is 4.15. The van der Waals surface area contributed by atoms with Gasteiger partial charge in [0.15, 0.2) is 0 Å². The summed E-state index contributed by atoms with van der Waals surface area (Å²) in [6.07, 6.45) is 0.928. The molecule has 9 heteroatoms. The number of halogens is 2. The molecule has 3 rings (SSSR count). The van der Waals surface area contributed by atoms with E-state index in [0.29, 0.717) is 42.4 Å². The summed E-state index contributed by atoms with van der Waals surface area (Å²) in [6, 6.07) is 11.6. The summed E-state index contributed by atoms with van der Waals surface area (Å²) in [5.41, 5.74) is 0.584. The van der Waals surface area contributed by atoms with Gasteiger partial charge in [0, 0.05) is 29.2 Å². The van der Waals surface area contributed by atoms with Gasteiger partial charge >= 0.3 is 0 Å². The van der Waals surface area contributed by atoms with Gasteiger partial charge in [-0.1, -0.05) is 27.5 Å². The first-order valence-electron chi connectivity index (χ1n) is 8.71. The molecule has 0 radical (unpaired) electrons. The molecule has 0 aromatic heterocycles. The Bertz CT molecular complexity index is 958. The minimum atomic E-state index is -3.55.